The van der Waals surface area contributed by atoms with E-state index in [9.17, 15) is 9.18 Å². The van der Waals surface area contributed by atoms with Crippen molar-refractivity contribution in [3.05, 3.63) is 58.9 Å². The summed E-state index contributed by atoms with van der Waals surface area (Å²) in [4.78, 5) is 12.0. The van der Waals surface area contributed by atoms with Crippen LogP contribution in [0.15, 0.2) is 36.4 Å². The van der Waals surface area contributed by atoms with E-state index < -0.39 is 5.97 Å². The molecule has 0 bridgehead atoms. The van der Waals surface area contributed by atoms with Crippen LogP contribution >= 0.6 is 0 Å². The summed E-state index contributed by atoms with van der Waals surface area (Å²) in [6.45, 7) is 0. The summed E-state index contributed by atoms with van der Waals surface area (Å²) in [7, 11) is 4.30. The van der Waals surface area contributed by atoms with Crippen LogP contribution < -0.4 is 9.47 Å². The Morgan fingerprint density at radius 1 is 1.00 bits per heavy atom. The van der Waals surface area contributed by atoms with E-state index in [1.165, 1.54) is 33.5 Å². The highest BCUT2D eigenvalue weighted by atomic mass is 19.1. The summed E-state index contributed by atoms with van der Waals surface area (Å²) >= 11 is 0. The summed E-state index contributed by atoms with van der Waals surface area (Å²) in [5.41, 5.74) is 1.68. The van der Waals surface area contributed by atoms with Crippen LogP contribution in [0, 0.1) is 5.82 Å². The van der Waals surface area contributed by atoms with E-state index in [4.69, 9.17) is 14.2 Å². The Bertz CT molecular complexity index is 721. The Hall–Kier alpha value is -2.82. The van der Waals surface area contributed by atoms with Gasteiger partial charge in [-0.3, -0.25) is 0 Å². The first-order valence-corrected chi connectivity index (χ1v) is 6.87. The van der Waals surface area contributed by atoms with Gasteiger partial charge in [0.2, 0.25) is 0 Å². The van der Waals surface area contributed by atoms with E-state index in [1.807, 2.05) is 0 Å². The number of ether oxygens (including phenoxy) is 3. The molecule has 0 aliphatic rings. The van der Waals surface area contributed by atoms with E-state index in [2.05, 4.69) is 0 Å². The van der Waals surface area contributed by atoms with Gasteiger partial charge in [0.05, 0.1) is 21.3 Å². The number of carbonyl (C=O) groups is 1. The van der Waals surface area contributed by atoms with Gasteiger partial charge in [0.1, 0.15) is 22.9 Å². The molecule has 0 radical (unpaired) electrons. The molecule has 0 saturated carbocycles. The standard InChI is InChI=1S/C18H17FO4/c1-21-15-10-13(7-4-12-5-8-14(19)9-6-12)17(18(20)23-3)16(11-15)22-2/h4-11H,1-3H3/b7-4+. The number of halogens is 1. The fourth-order valence-corrected chi connectivity index (χ4v) is 2.10. The van der Waals surface area contributed by atoms with E-state index in [1.54, 1.807) is 36.4 Å². The lowest BCUT2D eigenvalue weighted by atomic mass is 10.0. The maximum Gasteiger partial charge on any atom is 0.342 e. The van der Waals surface area contributed by atoms with Gasteiger partial charge in [-0.25, -0.2) is 9.18 Å². The van der Waals surface area contributed by atoms with Crippen molar-refractivity contribution >= 4 is 18.1 Å². The second-order valence-electron chi connectivity index (χ2n) is 4.67. The average Bonchev–Trinajstić information content (AvgIpc) is 2.59. The summed E-state index contributed by atoms with van der Waals surface area (Å²) < 4.78 is 28.2. The van der Waals surface area contributed by atoms with Crippen molar-refractivity contribution in [1.29, 1.82) is 0 Å². The smallest absolute Gasteiger partial charge is 0.342 e. The summed E-state index contributed by atoms with van der Waals surface area (Å²) in [5, 5.41) is 0. The highest BCUT2D eigenvalue weighted by Crippen LogP contribution is 2.30. The third-order valence-electron chi connectivity index (χ3n) is 3.28. The van der Waals surface area contributed by atoms with Gasteiger partial charge in [-0.05, 0) is 29.3 Å². The molecule has 0 atom stereocenters. The average molecular weight is 316 g/mol. The fourth-order valence-electron chi connectivity index (χ4n) is 2.10. The first-order valence-electron chi connectivity index (χ1n) is 6.87. The molecule has 4 nitrogen and oxygen atoms in total. The molecule has 0 spiro atoms. The SMILES string of the molecule is COC(=O)c1c(/C=C/c2ccc(F)cc2)cc(OC)cc1OC. The van der Waals surface area contributed by atoms with E-state index in [0.717, 1.165) is 5.56 Å². The second-order valence-corrected chi connectivity index (χ2v) is 4.67. The molecule has 120 valence electrons. The Labute approximate surface area is 134 Å². The first kappa shape index (κ1) is 16.5. The molecule has 0 saturated heterocycles. The van der Waals surface area contributed by atoms with Crippen LogP contribution in [-0.4, -0.2) is 27.3 Å². The topological polar surface area (TPSA) is 44.8 Å². The maximum atomic E-state index is 12.9. The number of hydrogen-bond acceptors (Lipinski definition) is 4. The summed E-state index contributed by atoms with van der Waals surface area (Å²) in [5.74, 6) is 0.0897. The van der Waals surface area contributed by atoms with Crippen molar-refractivity contribution in [3.63, 3.8) is 0 Å². The third-order valence-corrected chi connectivity index (χ3v) is 3.28. The molecule has 2 aromatic carbocycles. The van der Waals surface area contributed by atoms with E-state index in [-0.39, 0.29) is 5.82 Å². The predicted octanol–water partition coefficient (Wildman–Crippen LogP) is 3.80. The fraction of sp³-hybridized carbons (Fsp3) is 0.167. The highest BCUT2D eigenvalue weighted by Gasteiger charge is 2.18. The Morgan fingerprint density at radius 3 is 2.26 bits per heavy atom. The highest BCUT2D eigenvalue weighted by molar-refractivity contribution is 5.98. The lowest BCUT2D eigenvalue weighted by Gasteiger charge is -2.12. The molecular weight excluding hydrogens is 299 g/mol. The molecule has 0 amide bonds. The lowest BCUT2D eigenvalue weighted by molar-refractivity contribution is 0.0597. The van der Waals surface area contributed by atoms with Crippen LogP contribution in [0.5, 0.6) is 11.5 Å². The van der Waals surface area contributed by atoms with Gasteiger partial charge < -0.3 is 14.2 Å². The minimum Gasteiger partial charge on any atom is -0.497 e. The molecular formula is C18H17FO4. The molecule has 0 fully saturated rings. The summed E-state index contributed by atoms with van der Waals surface area (Å²) in [6, 6.07) is 9.33. The van der Waals surface area contributed by atoms with Gasteiger partial charge in [0, 0.05) is 6.07 Å². The van der Waals surface area contributed by atoms with Gasteiger partial charge in [0.25, 0.3) is 0 Å². The van der Waals surface area contributed by atoms with Gasteiger partial charge >= 0.3 is 5.97 Å². The molecule has 0 aliphatic heterocycles. The molecule has 0 aromatic heterocycles. The zero-order valence-corrected chi connectivity index (χ0v) is 13.1. The van der Waals surface area contributed by atoms with E-state index in [0.29, 0.717) is 22.6 Å². The largest absolute Gasteiger partial charge is 0.497 e. The number of rotatable bonds is 5. The van der Waals surface area contributed by atoms with Crippen molar-refractivity contribution < 1.29 is 23.4 Å². The third kappa shape index (κ3) is 3.88. The zero-order chi connectivity index (χ0) is 16.8. The molecule has 2 aromatic rings. The van der Waals surface area contributed by atoms with Gasteiger partial charge in [-0.1, -0.05) is 24.3 Å². The van der Waals surface area contributed by atoms with Crippen molar-refractivity contribution in [2.75, 3.05) is 21.3 Å². The van der Waals surface area contributed by atoms with Gasteiger partial charge in [0.15, 0.2) is 0 Å². The van der Waals surface area contributed by atoms with Crippen molar-refractivity contribution in [1.82, 2.24) is 0 Å². The van der Waals surface area contributed by atoms with Crippen molar-refractivity contribution in [2.45, 2.75) is 0 Å². The van der Waals surface area contributed by atoms with Crippen molar-refractivity contribution in [2.24, 2.45) is 0 Å². The van der Waals surface area contributed by atoms with Crippen LogP contribution in [0.25, 0.3) is 12.2 Å². The minimum atomic E-state index is -0.511. The molecule has 0 aliphatic carbocycles. The van der Waals surface area contributed by atoms with Crippen LogP contribution in [0.1, 0.15) is 21.5 Å². The van der Waals surface area contributed by atoms with Gasteiger partial charge in [-0.2, -0.15) is 0 Å². The number of hydrogen-bond donors (Lipinski definition) is 0. The molecule has 0 N–H and O–H groups in total. The quantitative estimate of drug-likeness (QED) is 0.622. The van der Waals surface area contributed by atoms with Gasteiger partial charge in [-0.15, -0.1) is 0 Å². The Morgan fingerprint density at radius 2 is 1.70 bits per heavy atom. The maximum absolute atomic E-state index is 12.9. The monoisotopic (exact) mass is 316 g/mol. The van der Waals surface area contributed by atoms with Crippen molar-refractivity contribution in [3.8, 4) is 11.5 Å². The summed E-state index contributed by atoms with van der Waals surface area (Å²) in [6.07, 6.45) is 3.49. The van der Waals surface area contributed by atoms with Crippen LogP contribution in [0.2, 0.25) is 0 Å². The molecule has 5 heteroatoms. The normalized spacial score (nSPS) is 10.6. The van der Waals surface area contributed by atoms with Crippen LogP contribution in [0.4, 0.5) is 4.39 Å². The minimum absolute atomic E-state index is 0.300. The molecule has 0 unspecified atom stereocenters. The second kappa shape index (κ2) is 7.45. The Balaban J connectivity index is 2.49. The van der Waals surface area contributed by atoms with Crippen LogP contribution in [0.3, 0.4) is 0 Å². The Kier molecular flexibility index (Phi) is 5.36. The molecule has 23 heavy (non-hydrogen) atoms. The number of carbonyl (C=O) groups excluding carboxylic acids is 1. The number of methoxy groups -OCH3 is 3. The molecule has 2 rings (SSSR count). The first-order chi connectivity index (χ1) is 11.1. The zero-order valence-electron chi connectivity index (χ0n) is 13.1. The molecule has 0 heterocycles. The predicted molar refractivity (Wildman–Crippen MR) is 86.2 cm³/mol. The van der Waals surface area contributed by atoms with Crippen LogP contribution in [-0.2, 0) is 4.74 Å². The number of esters is 1. The lowest BCUT2D eigenvalue weighted by Crippen LogP contribution is -2.07. The van der Waals surface area contributed by atoms with E-state index >= 15 is 0 Å². The number of benzene rings is 2.